The molecule has 0 unspecified atom stereocenters. The molecule has 26 heavy (non-hydrogen) atoms. The summed E-state index contributed by atoms with van der Waals surface area (Å²) < 4.78 is 0. The van der Waals surface area contributed by atoms with Crippen molar-refractivity contribution >= 4 is 23.5 Å². The highest BCUT2D eigenvalue weighted by Gasteiger charge is 2.25. The van der Waals surface area contributed by atoms with E-state index in [0.717, 1.165) is 16.8 Å². The van der Waals surface area contributed by atoms with Crippen LogP contribution in [0.4, 0.5) is 5.69 Å². The molecule has 134 valence electrons. The average molecular weight is 352 g/mol. The van der Waals surface area contributed by atoms with Crippen LogP contribution in [0, 0.1) is 0 Å². The summed E-state index contributed by atoms with van der Waals surface area (Å²) in [5, 5.41) is 12.0. The topological polar surface area (TPSA) is 86.7 Å². The van der Waals surface area contributed by atoms with Gasteiger partial charge in [0.1, 0.15) is 6.04 Å². The lowest BCUT2D eigenvalue weighted by atomic mass is 10.0. The molecule has 0 saturated carbocycles. The second kappa shape index (κ2) is 7.39. The Hall–Kier alpha value is -3.15. The summed E-state index contributed by atoms with van der Waals surface area (Å²) >= 11 is 0. The van der Waals surface area contributed by atoms with Crippen molar-refractivity contribution < 1.29 is 19.5 Å². The normalized spacial score (nSPS) is 13.8. The van der Waals surface area contributed by atoms with Gasteiger partial charge in [-0.1, -0.05) is 30.3 Å². The number of aliphatic carboxylic acids is 1. The fourth-order valence-corrected chi connectivity index (χ4v) is 3.16. The van der Waals surface area contributed by atoms with E-state index < -0.39 is 17.9 Å². The highest BCUT2D eigenvalue weighted by molar-refractivity contribution is 5.99. The maximum Gasteiger partial charge on any atom is 0.326 e. The Bertz CT molecular complexity index is 848. The maximum absolute atomic E-state index is 12.5. The monoisotopic (exact) mass is 352 g/mol. The van der Waals surface area contributed by atoms with Gasteiger partial charge < -0.3 is 15.3 Å². The van der Waals surface area contributed by atoms with E-state index in [1.807, 2.05) is 30.3 Å². The van der Waals surface area contributed by atoms with E-state index in [1.54, 1.807) is 23.1 Å². The molecule has 0 spiro atoms. The summed E-state index contributed by atoms with van der Waals surface area (Å²) in [7, 11) is 0. The maximum atomic E-state index is 12.5. The molecule has 2 N–H and O–H groups in total. The molecule has 3 rings (SSSR count). The van der Waals surface area contributed by atoms with E-state index in [1.165, 1.54) is 6.92 Å². The number of carbonyl (C=O) groups excluding carboxylic acids is 2. The van der Waals surface area contributed by atoms with Gasteiger partial charge in [0.25, 0.3) is 5.91 Å². The first-order valence-electron chi connectivity index (χ1n) is 8.44. The Morgan fingerprint density at radius 1 is 1.15 bits per heavy atom. The number of amides is 2. The number of carbonyl (C=O) groups is 3. The van der Waals surface area contributed by atoms with E-state index in [4.69, 9.17) is 0 Å². The second-order valence-electron chi connectivity index (χ2n) is 6.32. The Balaban J connectivity index is 1.74. The lowest BCUT2D eigenvalue weighted by Gasteiger charge is -2.16. The van der Waals surface area contributed by atoms with E-state index in [-0.39, 0.29) is 12.3 Å². The SMILES string of the molecule is CC(=O)N1CCc2cc(C(=O)N[C@H](Cc3ccccc3)C(=O)O)ccc21. The minimum absolute atomic E-state index is 0.0326. The standard InChI is InChI=1S/C20H20N2O4/c1-13(23)22-10-9-15-12-16(7-8-18(15)22)19(24)21-17(20(25)26)11-14-5-3-2-4-6-14/h2-8,12,17H,9-11H2,1H3,(H,21,24)(H,25,26)/t17-/m1/s1. The number of carboxylic acid groups (broad SMARTS) is 1. The molecular formula is C20H20N2O4. The van der Waals surface area contributed by atoms with Crippen LogP contribution in [0.5, 0.6) is 0 Å². The molecule has 1 aliphatic rings. The fourth-order valence-electron chi connectivity index (χ4n) is 3.16. The Morgan fingerprint density at radius 2 is 1.88 bits per heavy atom. The van der Waals surface area contributed by atoms with Crippen LogP contribution in [0.2, 0.25) is 0 Å². The summed E-state index contributed by atoms with van der Waals surface area (Å²) in [6.45, 7) is 2.11. The van der Waals surface area contributed by atoms with Crippen molar-refractivity contribution in [3.63, 3.8) is 0 Å². The molecule has 0 fully saturated rings. The number of rotatable bonds is 5. The first-order chi connectivity index (χ1) is 12.5. The molecule has 2 aromatic carbocycles. The van der Waals surface area contributed by atoms with Gasteiger partial charge in [0.2, 0.25) is 5.91 Å². The molecule has 0 saturated heterocycles. The largest absolute Gasteiger partial charge is 0.480 e. The van der Waals surface area contributed by atoms with Crippen LogP contribution in [-0.2, 0) is 22.4 Å². The Labute approximate surface area is 151 Å². The second-order valence-corrected chi connectivity index (χ2v) is 6.32. The van der Waals surface area contributed by atoms with Gasteiger partial charge in [-0.25, -0.2) is 4.79 Å². The Kier molecular flexibility index (Phi) is 5.02. The number of anilines is 1. The van der Waals surface area contributed by atoms with Gasteiger partial charge in [0.05, 0.1) is 0 Å². The zero-order valence-electron chi connectivity index (χ0n) is 14.4. The molecule has 0 aromatic heterocycles. The third-order valence-corrected chi connectivity index (χ3v) is 4.50. The molecular weight excluding hydrogens is 332 g/mol. The van der Waals surface area contributed by atoms with Crippen molar-refractivity contribution in [2.75, 3.05) is 11.4 Å². The molecule has 0 aliphatic carbocycles. The van der Waals surface area contributed by atoms with Crippen LogP contribution in [0.3, 0.4) is 0 Å². The molecule has 2 aromatic rings. The Morgan fingerprint density at radius 3 is 2.54 bits per heavy atom. The molecule has 1 heterocycles. The van der Waals surface area contributed by atoms with E-state index in [2.05, 4.69) is 5.32 Å². The van der Waals surface area contributed by atoms with Crippen molar-refractivity contribution in [1.82, 2.24) is 5.32 Å². The van der Waals surface area contributed by atoms with Crippen LogP contribution in [0.15, 0.2) is 48.5 Å². The fraction of sp³-hybridized carbons (Fsp3) is 0.250. The molecule has 6 heteroatoms. The van der Waals surface area contributed by atoms with Crippen LogP contribution < -0.4 is 10.2 Å². The first-order valence-corrected chi connectivity index (χ1v) is 8.44. The average Bonchev–Trinajstić information content (AvgIpc) is 3.05. The van der Waals surface area contributed by atoms with Gasteiger partial charge in [-0.2, -0.15) is 0 Å². The zero-order valence-corrected chi connectivity index (χ0v) is 14.4. The third-order valence-electron chi connectivity index (χ3n) is 4.50. The molecule has 0 radical (unpaired) electrons. The molecule has 6 nitrogen and oxygen atoms in total. The summed E-state index contributed by atoms with van der Waals surface area (Å²) in [4.78, 5) is 37.3. The smallest absolute Gasteiger partial charge is 0.326 e. The number of nitrogens with zero attached hydrogens (tertiary/aromatic N) is 1. The zero-order chi connectivity index (χ0) is 18.7. The van der Waals surface area contributed by atoms with Gasteiger partial charge in [-0.05, 0) is 35.7 Å². The van der Waals surface area contributed by atoms with Crippen molar-refractivity contribution in [3.8, 4) is 0 Å². The van der Waals surface area contributed by atoms with E-state index in [0.29, 0.717) is 18.5 Å². The number of benzene rings is 2. The van der Waals surface area contributed by atoms with Crippen molar-refractivity contribution in [1.29, 1.82) is 0 Å². The van der Waals surface area contributed by atoms with Crippen LogP contribution in [0.1, 0.15) is 28.4 Å². The molecule has 1 aliphatic heterocycles. The van der Waals surface area contributed by atoms with Crippen LogP contribution in [0.25, 0.3) is 0 Å². The van der Waals surface area contributed by atoms with Gasteiger partial charge in [0, 0.05) is 31.1 Å². The predicted octanol–water partition coefficient (Wildman–Crippen LogP) is 2.02. The quantitative estimate of drug-likeness (QED) is 0.862. The molecule has 1 atom stereocenters. The molecule has 2 amide bonds. The molecule has 0 bridgehead atoms. The lowest BCUT2D eigenvalue weighted by Crippen LogP contribution is -2.42. The van der Waals surface area contributed by atoms with Gasteiger partial charge in [-0.15, -0.1) is 0 Å². The van der Waals surface area contributed by atoms with Gasteiger partial charge in [-0.3, -0.25) is 9.59 Å². The lowest BCUT2D eigenvalue weighted by molar-refractivity contribution is -0.139. The highest BCUT2D eigenvalue weighted by Crippen LogP contribution is 2.28. The van der Waals surface area contributed by atoms with Crippen LogP contribution >= 0.6 is 0 Å². The summed E-state index contributed by atoms with van der Waals surface area (Å²) in [6, 6.07) is 13.3. The number of fused-ring (bicyclic) bond motifs is 1. The number of hydrogen-bond donors (Lipinski definition) is 2. The minimum Gasteiger partial charge on any atom is -0.480 e. The summed E-state index contributed by atoms with van der Waals surface area (Å²) in [6.07, 6.45) is 0.896. The van der Waals surface area contributed by atoms with Gasteiger partial charge in [0.15, 0.2) is 0 Å². The highest BCUT2D eigenvalue weighted by atomic mass is 16.4. The van der Waals surface area contributed by atoms with Crippen molar-refractivity contribution in [2.24, 2.45) is 0 Å². The third kappa shape index (κ3) is 3.74. The number of nitrogens with one attached hydrogen (secondary N) is 1. The first kappa shape index (κ1) is 17.7. The van der Waals surface area contributed by atoms with Crippen molar-refractivity contribution in [3.05, 3.63) is 65.2 Å². The summed E-state index contributed by atoms with van der Waals surface area (Å²) in [5.41, 5.74) is 2.97. The number of hydrogen-bond acceptors (Lipinski definition) is 3. The van der Waals surface area contributed by atoms with Crippen LogP contribution in [-0.4, -0.2) is 35.5 Å². The van der Waals surface area contributed by atoms with E-state index >= 15 is 0 Å². The minimum atomic E-state index is -1.08. The van der Waals surface area contributed by atoms with Crippen molar-refractivity contribution in [2.45, 2.75) is 25.8 Å². The number of carboxylic acids is 1. The van der Waals surface area contributed by atoms with E-state index in [9.17, 15) is 19.5 Å². The predicted molar refractivity (Wildman–Crippen MR) is 97.2 cm³/mol. The van der Waals surface area contributed by atoms with Gasteiger partial charge >= 0.3 is 5.97 Å². The summed E-state index contributed by atoms with van der Waals surface area (Å²) in [5.74, 6) is -1.54.